The molecule has 0 spiro atoms. The Bertz CT molecular complexity index is 539. The maximum absolute atomic E-state index is 8.72. The van der Waals surface area contributed by atoms with Gasteiger partial charge in [-0.3, -0.25) is 5.41 Å². The second kappa shape index (κ2) is 11.4. The Labute approximate surface area is 152 Å². The maximum Gasteiger partial charge on any atom is 0.291 e. The lowest BCUT2D eigenvalue weighted by Gasteiger charge is -2.25. The summed E-state index contributed by atoms with van der Waals surface area (Å²) in [6.07, 6.45) is 1.76. The summed E-state index contributed by atoms with van der Waals surface area (Å²) in [5.74, 6) is 1.63. The van der Waals surface area contributed by atoms with Gasteiger partial charge < -0.3 is 19.1 Å². The van der Waals surface area contributed by atoms with Crippen molar-refractivity contribution in [1.82, 2.24) is 4.90 Å². The van der Waals surface area contributed by atoms with Crippen LogP contribution in [0, 0.1) is 5.41 Å². The molecule has 0 saturated carbocycles. The summed E-state index contributed by atoms with van der Waals surface area (Å²) in [4.78, 5) is 1.99. The molecule has 0 heterocycles. The molecule has 0 aliphatic carbocycles. The van der Waals surface area contributed by atoms with E-state index in [1.54, 1.807) is 7.11 Å². The van der Waals surface area contributed by atoms with E-state index >= 15 is 0 Å². The van der Waals surface area contributed by atoms with Gasteiger partial charge in [0.15, 0.2) is 0 Å². The van der Waals surface area contributed by atoms with E-state index in [4.69, 9.17) is 19.6 Å². The normalized spacial score (nSPS) is 10.1. The van der Waals surface area contributed by atoms with Crippen molar-refractivity contribution in [2.75, 3.05) is 33.4 Å². The fraction of sp³-hybridized carbons (Fsp3) is 0.550. The number of rotatable bonds is 11. The molecule has 0 unspecified atom stereocenters. The third kappa shape index (κ3) is 6.00. The molecule has 0 bridgehead atoms. The molecule has 0 amide bonds. The van der Waals surface area contributed by atoms with Crippen LogP contribution in [0.5, 0.6) is 5.75 Å². The Morgan fingerprint density at radius 2 is 1.44 bits per heavy atom. The van der Waals surface area contributed by atoms with Gasteiger partial charge in [-0.2, -0.15) is 0 Å². The molecule has 0 aliphatic rings. The summed E-state index contributed by atoms with van der Waals surface area (Å²) in [7, 11) is 1.64. The number of nitrogens with one attached hydrogen (secondary N) is 1. The molecule has 1 rings (SSSR count). The highest BCUT2D eigenvalue weighted by Gasteiger charge is 2.21. The van der Waals surface area contributed by atoms with Gasteiger partial charge in [0.2, 0.25) is 0 Å². The van der Waals surface area contributed by atoms with Gasteiger partial charge in [0.25, 0.3) is 5.95 Å². The molecule has 1 aromatic rings. The molecule has 5 nitrogen and oxygen atoms in total. The maximum atomic E-state index is 8.72. The quantitative estimate of drug-likeness (QED) is 0.362. The van der Waals surface area contributed by atoms with Gasteiger partial charge in [0, 0.05) is 13.1 Å². The minimum Gasteiger partial charge on any atom is -0.497 e. The number of benzene rings is 1. The Hall–Kier alpha value is -2.17. The Balaban J connectivity index is 3.38. The highest BCUT2D eigenvalue weighted by atomic mass is 16.7. The van der Waals surface area contributed by atoms with E-state index in [0.717, 1.165) is 37.2 Å². The topological polar surface area (TPSA) is 54.8 Å². The van der Waals surface area contributed by atoms with Crippen molar-refractivity contribution >= 4 is 11.4 Å². The van der Waals surface area contributed by atoms with Crippen molar-refractivity contribution in [3.8, 4) is 5.75 Å². The standard InChI is InChI=1S/C20H32N2O3/c1-6-14-24-20(25-15-7-2)18(19(21)22(8-3)9-4)16-10-12-17(23-5)13-11-16/h10-13,21H,6-9,14-15H2,1-5H3. The molecule has 1 N–H and O–H groups in total. The van der Waals surface area contributed by atoms with Crippen LogP contribution in [0.4, 0.5) is 0 Å². The summed E-state index contributed by atoms with van der Waals surface area (Å²) < 4.78 is 17.0. The minimum absolute atomic E-state index is 0.414. The van der Waals surface area contributed by atoms with Crippen molar-refractivity contribution in [3.05, 3.63) is 35.8 Å². The highest BCUT2D eigenvalue weighted by Crippen LogP contribution is 2.26. The first-order valence-electron chi connectivity index (χ1n) is 9.10. The average molecular weight is 348 g/mol. The number of amidine groups is 1. The zero-order chi connectivity index (χ0) is 18.7. The fourth-order valence-electron chi connectivity index (χ4n) is 2.38. The minimum atomic E-state index is 0.414. The molecule has 140 valence electrons. The first-order chi connectivity index (χ1) is 12.1. The lowest BCUT2D eigenvalue weighted by Crippen LogP contribution is -2.31. The zero-order valence-corrected chi connectivity index (χ0v) is 16.2. The molecule has 5 heteroatoms. The fourth-order valence-corrected chi connectivity index (χ4v) is 2.38. The Morgan fingerprint density at radius 1 is 0.920 bits per heavy atom. The van der Waals surface area contributed by atoms with Gasteiger partial charge in [-0.15, -0.1) is 0 Å². The highest BCUT2D eigenvalue weighted by molar-refractivity contribution is 6.21. The number of hydrogen-bond acceptors (Lipinski definition) is 4. The largest absolute Gasteiger partial charge is 0.497 e. The van der Waals surface area contributed by atoms with E-state index in [1.165, 1.54) is 0 Å². The third-order valence-electron chi connectivity index (χ3n) is 3.77. The van der Waals surface area contributed by atoms with Gasteiger partial charge in [0.05, 0.1) is 20.3 Å². The predicted octanol–water partition coefficient (Wildman–Crippen LogP) is 4.54. The lowest BCUT2D eigenvalue weighted by atomic mass is 10.0. The van der Waals surface area contributed by atoms with Crippen LogP contribution in [0.25, 0.3) is 5.57 Å². The number of hydrogen-bond donors (Lipinski definition) is 1. The third-order valence-corrected chi connectivity index (χ3v) is 3.77. The smallest absolute Gasteiger partial charge is 0.291 e. The number of nitrogens with zero attached hydrogens (tertiary/aromatic N) is 1. The molecule has 0 atom stereocenters. The number of ether oxygens (including phenoxy) is 3. The van der Waals surface area contributed by atoms with E-state index in [2.05, 4.69) is 13.8 Å². The summed E-state index contributed by atoms with van der Waals surface area (Å²) in [5, 5.41) is 8.72. The Kier molecular flexibility index (Phi) is 9.51. The SMILES string of the molecule is CCCOC(OCCC)=C(C(=N)N(CC)CC)c1ccc(OC)cc1. The molecule has 0 aromatic heterocycles. The first-order valence-corrected chi connectivity index (χ1v) is 9.10. The molecule has 0 saturated heterocycles. The number of likely N-dealkylation sites (N-methyl/N-ethyl adjacent to an activating group) is 1. The van der Waals surface area contributed by atoms with E-state index in [1.807, 2.05) is 43.0 Å². The molecule has 0 radical (unpaired) electrons. The average Bonchev–Trinajstić information content (AvgIpc) is 2.65. The Morgan fingerprint density at radius 3 is 1.84 bits per heavy atom. The van der Waals surface area contributed by atoms with Crippen LogP contribution >= 0.6 is 0 Å². The van der Waals surface area contributed by atoms with Gasteiger partial charge >= 0.3 is 0 Å². The molecular formula is C20H32N2O3. The predicted molar refractivity (Wildman–Crippen MR) is 103 cm³/mol. The molecule has 1 aromatic carbocycles. The van der Waals surface area contributed by atoms with Gasteiger partial charge in [-0.25, -0.2) is 0 Å². The van der Waals surface area contributed by atoms with Crippen molar-refractivity contribution in [3.63, 3.8) is 0 Å². The lowest BCUT2D eigenvalue weighted by molar-refractivity contribution is 0.0385. The van der Waals surface area contributed by atoms with E-state index in [0.29, 0.717) is 30.6 Å². The van der Waals surface area contributed by atoms with E-state index in [9.17, 15) is 0 Å². The van der Waals surface area contributed by atoms with Gasteiger partial charge in [0.1, 0.15) is 17.2 Å². The van der Waals surface area contributed by atoms with Crippen LogP contribution in [0.3, 0.4) is 0 Å². The monoisotopic (exact) mass is 348 g/mol. The van der Waals surface area contributed by atoms with Crippen LogP contribution in [0.1, 0.15) is 46.1 Å². The molecule has 0 fully saturated rings. The van der Waals surface area contributed by atoms with Crippen LogP contribution in [-0.2, 0) is 9.47 Å². The van der Waals surface area contributed by atoms with Crippen molar-refractivity contribution in [2.24, 2.45) is 0 Å². The van der Waals surface area contributed by atoms with Gasteiger partial charge in [-0.05, 0) is 44.4 Å². The van der Waals surface area contributed by atoms with E-state index in [-0.39, 0.29) is 0 Å². The van der Waals surface area contributed by atoms with Crippen LogP contribution in [0.2, 0.25) is 0 Å². The van der Waals surface area contributed by atoms with Crippen molar-refractivity contribution in [2.45, 2.75) is 40.5 Å². The van der Waals surface area contributed by atoms with Crippen LogP contribution in [-0.4, -0.2) is 44.1 Å². The van der Waals surface area contributed by atoms with Crippen LogP contribution < -0.4 is 4.74 Å². The zero-order valence-electron chi connectivity index (χ0n) is 16.2. The van der Waals surface area contributed by atoms with Crippen LogP contribution in [0.15, 0.2) is 30.2 Å². The van der Waals surface area contributed by atoms with Crippen molar-refractivity contribution in [1.29, 1.82) is 5.41 Å². The summed E-state index contributed by atoms with van der Waals surface area (Å²) in [5.41, 5.74) is 1.58. The van der Waals surface area contributed by atoms with Crippen molar-refractivity contribution < 1.29 is 14.2 Å². The summed E-state index contributed by atoms with van der Waals surface area (Å²) >= 11 is 0. The first kappa shape index (κ1) is 20.9. The molecule has 0 aliphatic heterocycles. The van der Waals surface area contributed by atoms with E-state index < -0.39 is 0 Å². The number of methoxy groups -OCH3 is 1. The molecule has 25 heavy (non-hydrogen) atoms. The summed E-state index contributed by atoms with van der Waals surface area (Å²) in [6.45, 7) is 10.8. The summed E-state index contributed by atoms with van der Waals surface area (Å²) in [6, 6.07) is 7.66. The van der Waals surface area contributed by atoms with Gasteiger partial charge in [-0.1, -0.05) is 26.0 Å². The second-order valence-electron chi connectivity index (χ2n) is 5.61. The second-order valence-corrected chi connectivity index (χ2v) is 5.61. The molecular weight excluding hydrogens is 316 g/mol.